The lowest BCUT2D eigenvalue weighted by Crippen LogP contribution is -2.03. The number of H-pyrrole nitrogens is 1. The van der Waals surface area contributed by atoms with Gasteiger partial charge >= 0.3 is 0 Å². The summed E-state index contributed by atoms with van der Waals surface area (Å²) in [6.07, 6.45) is 0. The van der Waals surface area contributed by atoms with Crippen molar-refractivity contribution in [3.8, 4) is 28.6 Å². The number of aromatic amines is 1. The molecule has 0 amide bonds. The summed E-state index contributed by atoms with van der Waals surface area (Å²) < 4.78 is 11.1. The summed E-state index contributed by atoms with van der Waals surface area (Å²) in [7, 11) is 1.62. The molecule has 6 heteroatoms. The highest BCUT2D eigenvalue weighted by atomic mass is 16.5. The smallest absolute Gasteiger partial charge is 0.188 e. The molecule has 0 aliphatic carbocycles. The van der Waals surface area contributed by atoms with Gasteiger partial charge in [0.25, 0.3) is 0 Å². The van der Waals surface area contributed by atoms with Crippen molar-refractivity contribution in [3.05, 3.63) is 72.3 Å². The highest BCUT2D eigenvalue weighted by Crippen LogP contribution is 2.28. The maximum absolute atomic E-state index is 11.7. The number of aliphatic hydroxyl groups is 1. The third kappa shape index (κ3) is 3.58. The van der Waals surface area contributed by atoms with Crippen molar-refractivity contribution in [2.75, 3.05) is 13.7 Å². The number of benzene rings is 3. The number of ether oxygens (including phenoxy) is 2. The molecule has 0 aliphatic heterocycles. The first kappa shape index (κ1) is 17.8. The number of hydrogen-bond donors (Lipinski definition) is 2. The van der Waals surface area contributed by atoms with Crippen LogP contribution in [0.4, 0.5) is 0 Å². The highest BCUT2D eigenvalue weighted by Gasteiger charge is 2.10. The van der Waals surface area contributed by atoms with Crippen molar-refractivity contribution in [1.29, 1.82) is 0 Å². The Balaban J connectivity index is 1.62. The van der Waals surface area contributed by atoms with Crippen molar-refractivity contribution < 1.29 is 19.4 Å². The fourth-order valence-electron chi connectivity index (χ4n) is 2.90. The van der Waals surface area contributed by atoms with Gasteiger partial charge in [0.1, 0.15) is 29.7 Å². The SMILES string of the molecule is COc1ccc(Oc2cccc(-c3nc4ccc(C(=O)CO)cc4[nH]3)c2)cc1. The van der Waals surface area contributed by atoms with Crippen molar-refractivity contribution in [2.24, 2.45) is 0 Å². The van der Waals surface area contributed by atoms with Gasteiger partial charge in [-0.05, 0) is 54.6 Å². The van der Waals surface area contributed by atoms with Crippen molar-refractivity contribution in [2.45, 2.75) is 0 Å². The van der Waals surface area contributed by atoms with E-state index < -0.39 is 6.61 Å². The molecule has 140 valence electrons. The van der Waals surface area contributed by atoms with Crippen LogP contribution < -0.4 is 9.47 Å². The van der Waals surface area contributed by atoms with E-state index in [0.717, 1.165) is 22.3 Å². The van der Waals surface area contributed by atoms with E-state index >= 15 is 0 Å². The molecule has 0 spiro atoms. The van der Waals surface area contributed by atoms with Gasteiger partial charge in [-0.3, -0.25) is 4.79 Å². The second-order valence-electron chi connectivity index (χ2n) is 6.20. The summed E-state index contributed by atoms with van der Waals surface area (Å²) in [4.78, 5) is 19.5. The number of ketones is 1. The number of Topliss-reactive ketones (excluding diaryl/α,β-unsaturated/α-hetero) is 1. The maximum atomic E-state index is 11.7. The first-order valence-corrected chi connectivity index (χ1v) is 8.72. The van der Waals surface area contributed by atoms with Gasteiger partial charge in [-0.25, -0.2) is 4.98 Å². The lowest BCUT2D eigenvalue weighted by Gasteiger charge is -2.07. The Hall–Kier alpha value is -3.64. The summed E-state index contributed by atoms with van der Waals surface area (Å²) in [5, 5.41) is 9.03. The predicted molar refractivity (Wildman–Crippen MR) is 106 cm³/mol. The minimum atomic E-state index is -0.517. The summed E-state index contributed by atoms with van der Waals surface area (Å²) in [5.41, 5.74) is 2.78. The zero-order valence-corrected chi connectivity index (χ0v) is 15.2. The van der Waals surface area contributed by atoms with Crippen LogP contribution in [0.15, 0.2) is 66.7 Å². The van der Waals surface area contributed by atoms with E-state index in [0.29, 0.717) is 22.9 Å². The minimum absolute atomic E-state index is 0.326. The van der Waals surface area contributed by atoms with E-state index in [-0.39, 0.29) is 5.78 Å². The first-order valence-electron chi connectivity index (χ1n) is 8.72. The van der Waals surface area contributed by atoms with Gasteiger partial charge in [0.05, 0.1) is 18.1 Å². The van der Waals surface area contributed by atoms with Gasteiger partial charge in [0, 0.05) is 11.1 Å². The highest BCUT2D eigenvalue weighted by molar-refractivity contribution is 5.99. The number of rotatable bonds is 6. The van der Waals surface area contributed by atoms with E-state index in [1.807, 2.05) is 48.5 Å². The van der Waals surface area contributed by atoms with E-state index in [1.54, 1.807) is 25.3 Å². The number of carbonyl (C=O) groups is 1. The average molecular weight is 374 g/mol. The molecular formula is C22H18N2O4. The van der Waals surface area contributed by atoms with Gasteiger partial charge in [-0.1, -0.05) is 12.1 Å². The number of aliphatic hydroxyl groups excluding tert-OH is 1. The van der Waals surface area contributed by atoms with Gasteiger partial charge in [0.2, 0.25) is 0 Å². The summed E-state index contributed by atoms with van der Waals surface area (Å²) in [6, 6.07) is 20.1. The Morgan fingerprint density at radius 3 is 2.54 bits per heavy atom. The Morgan fingerprint density at radius 2 is 1.79 bits per heavy atom. The molecule has 0 fully saturated rings. The fourth-order valence-corrected chi connectivity index (χ4v) is 2.90. The number of hydrogen-bond acceptors (Lipinski definition) is 5. The van der Waals surface area contributed by atoms with Crippen LogP contribution in [0.2, 0.25) is 0 Å². The molecule has 1 heterocycles. The molecule has 4 aromatic rings. The molecule has 0 atom stereocenters. The number of nitrogens with zero attached hydrogens (tertiary/aromatic N) is 1. The van der Waals surface area contributed by atoms with E-state index in [2.05, 4.69) is 9.97 Å². The first-order chi connectivity index (χ1) is 13.7. The standard InChI is InChI=1S/C22H18N2O4/c1-27-16-6-8-17(9-7-16)28-18-4-2-3-15(11-18)22-23-19-10-5-14(21(26)13-25)12-20(19)24-22/h2-12,25H,13H2,1H3,(H,23,24). The second-order valence-corrected chi connectivity index (χ2v) is 6.20. The normalized spacial score (nSPS) is 10.8. The number of fused-ring (bicyclic) bond motifs is 1. The van der Waals surface area contributed by atoms with Gasteiger partial charge in [0.15, 0.2) is 5.78 Å². The second kappa shape index (κ2) is 7.54. The van der Waals surface area contributed by atoms with Crippen LogP contribution in [0, 0.1) is 0 Å². The third-order valence-electron chi connectivity index (χ3n) is 4.35. The van der Waals surface area contributed by atoms with Crippen LogP contribution in [0.25, 0.3) is 22.4 Å². The quantitative estimate of drug-likeness (QED) is 0.494. The van der Waals surface area contributed by atoms with Gasteiger partial charge in [-0.15, -0.1) is 0 Å². The van der Waals surface area contributed by atoms with Crippen molar-refractivity contribution in [3.63, 3.8) is 0 Å². The number of nitrogens with one attached hydrogen (secondary N) is 1. The molecule has 3 aromatic carbocycles. The number of methoxy groups -OCH3 is 1. The van der Waals surface area contributed by atoms with Crippen LogP contribution >= 0.6 is 0 Å². The van der Waals surface area contributed by atoms with E-state index in [9.17, 15) is 4.79 Å². The molecule has 0 radical (unpaired) electrons. The lowest BCUT2D eigenvalue weighted by atomic mass is 10.1. The van der Waals surface area contributed by atoms with Crippen LogP contribution in [-0.4, -0.2) is 34.6 Å². The number of aromatic nitrogens is 2. The van der Waals surface area contributed by atoms with Crippen LogP contribution in [0.1, 0.15) is 10.4 Å². The molecule has 0 aliphatic rings. The molecule has 0 unspecified atom stereocenters. The summed E-state index contributed by atoms with van der Waals surface area (Å²) >= 11 is 0. The van der Waals surface area contributed by atoms with E-state index in [1.165, 1.54) is 0 Å². The molecule has 0 bridgehead atoms. The maximum Gasteiger partial charge on any atom is 0.188 e. The lowest BCUT2D eigenvalue weighted by molar-refractivity contribution is 0.0904. The Labute approximate surface area is 161 Å². The monoisotopic (exact) mass is 374 g/mol. The number of carbonyl (C=O) groups excluding carboxylic acids is 1. The van der Waals surface area contributed by atoms with Crippen LogP contribution in [0.3, 0.4) is 0 Å². The molecular weight excluding hydrogens is 356 g/mol. The average Bonchev–Trinajstić information content (AvgIpc) is 3.17. The van der Waals surface area contributed by atoms with Crippen molar-refractivity contribution in [1.82, 2.24) is 9.97 Å². The Bertz CT molecular complexity index is 1130. The molecule has 4 rings (SSSR count). The van der Waals surface area contributed by atoms with Crippen LogP contribution in [0.5, 0.6) is 17.2 Å². The van der Waals surface area contributed by atoms with Crippen molar-refractivity contribution >= 4 is 16.8 Å². The summed E-state index contributed by atoms with van der Waals surface area (Å²) in [5.74, 6) is 2.49. The third-order valence-corrected chi connectivity index (χ3v) is 4.35. The topological polar surface area (TPSA) is 84.4 Å². The van der Waals surface area contributed by atoms with Gasteiger partial charge < -0.3 is 19.6 Å². The van der Waals surface area contributed by atoms with Gasteiger partial charge in [-0.2, -0.15) is 0 Å². The molecule has 1 aromatic heterocycles. The predicted octanol–water partition coefficient (Wildman–Crippen LogP) is 4.21. The molecule has 28 heavy (non-hydrogen) atoms. The van der Waals surface area contributed by atoms with Crippen LogP contribution in [-0.2, 0) is 0 Å². The van der Waals surface area contributed by atoms with E-state index in [4.69, 9.17) is 14.6 Å². The molecule has 6 nitrogen and oxygen atoms in total. The largest absolute Gasteiger partial charge is 0.497 e. The molecule has 0 saturated carbocycles. The molecule has 2 N–H and O–H groups in total. The Kier molecular flexibility index (Phi) is 4.78. The fraction of sp³-hybridized carbons (Fsp3) is 0.0909. The zero-order chi connectivity index (χ0) is 19.5. The Morgan fingerprint density at radius 1 is 1.00 bits per heavy atom. The minimum Gasteiger partial charge on any atom is -0.497 e. The summed E-state index contributed by atoms with van der Waals surface area (Å²) in [6.45, 7) is -0.517. The number of imidazole rings is 1. The molecule has 0 saturated heterocycles. The zero-order valence-electron chi connectivity index (χ0n) is 15.2.